The maximum absolute atomic E-state index is 14.2. The Balaban J connectivity index is 1.68. The molecule has 1 saturated carbocycles. The number of rotatable bonds is 9. The van der Waals surface area contributed by atoms with Crippen molar-refractivity contribution in [2.24, 2.45) is 28.3 Å². The number of ether oxygens (including phenoxy) is 2. The van der Waals surface area contributed by atoms with E-state index in [1.54, 1.807) is 30.5 Å². The monoisotopic (exact) mass is 438 g/mol. The third kappa shape index (κ3) is 5.64. The zero-order valence-corrected chi connectivity index (χ0v) is 18.6. The number of hydrogen-bond donors (Lipinski definition) is 0. The van der Waals surface area contributed by atoms with Crippen LogP contribution in [0.15, 0.2) is 53.7 Å². The molecule has 0 N–H and O–H groups in total. The van der Waals surface area contributed by atoms with Crippen molar-refractivity contribution in [1.82, 2.24) is 0 Å². The Labute approximate surface area is 187 Å². The smallest absolute Gasteiger partial charge is 0.311 e. The fourth-order valence-electron chi connectivity index (χ4n) is 3.48. The van der Waals surface area contributed by atoms with Gasteiger partial charge in [0.15, 0.2) is 0 Å². The molecule has 3 atom stereocenters. The van der Waals surface area contributed by atoms with Crippen LogP contribution in [0.2, 0.25) is 0 Å². The van der Waals surface area contributed by atoms with E-state index in [4.69, 9.17) is 14.3 Å². The fourth-order valence-corrected chi connectivity index (χ4v) is 3.48. The Bertz CT molecular complexity index is 1010. The molecule has 2 aromatic rings. The highest BCUT2D eigenvalue weighted by Crippen LogP contribution is 2.58. The molecule has 0 aromatic heterocycles. The first-order chi connectivity index (χ1) is 15.2. The average molecular weight is 438 g/mol. The van der Waals surface area contributed by atoms with Gasteiger partial charge >= 0.3 is 5.97 Å². The van der Waals surface area contributed by atoms with E-state index in [0.29, 0.717) is 18.3 Å². The van der Waals surface area contributed by atoms with Crippen LogP contribution in [0.4, 0.5) is 4.39 Å². The number of halogens is 1. The lowest BCUT2D eigenvalue weighted by Gasteiger charge is -2.14. The molecule has 0 heterocycles. The van der Waals surface area contributed by atoms with Gasteiger partial charge in [0.2, 0.25) is 6.10 Å². The van der Waals surface area contributed by atoms with Gasteiger partial charge < -0.3 is 14.3 Å². The highest BCUT2D eigenvalue weighted by Gasteiger charge is 2.62. The highest BCUT2D eigenvalue weighted by atomic mass is 19.1. The van der Waals surface area contributed by atoms with E-state index in [2.05, 4.69) is 5.16 Å². The summed E-state index contributed by atoms with van der Waals surface area (Å²) < 4.78 is 25.3. The number of carbonyl (C=O) groups excluding carboxylic acids is 1. The van der Waals surface area contributed by atoms with Crippen molar-refractivity contribution < 1.29 is 23.5 Å². The summed E-state index contributed by atoms with van der Waals surface area (Å²) in [5, 5.41) is 13.5. The fraction of sp³-hybridized carbons (Fsp3) is 0.400. The summed E-state index contributed by atoms with van der Waals surface area (Å²) in [6, 6.07) is 14.7. The van der Waals surface area contributed by atoms with Crippen LogP contribution in [0.5, 0.6) is 11.5 Å². The normalized spacial score (nSPS) is 19.9. The van der Waals surface area contributed by atoms with E-state index in [-0.39, 0.29) is 22.6 Å². The molecule has 0 spiro atoms. The van der Waals surface area contributed by atoms with E-state index >= 15 is 0 Å². The van der Waals surface area contributed by atoms with Gasteiger partial charge in [0.25, 0.3) is 0 Å². The highest BCUT2D eigenvalue weighted by molar-refractivity contribution is 5.85. The minimum absolute atomic E-state index is 0.161. The summed E-state index contributed by atoms with van der Waals surface area (Å²) in [6.07, 6.45) is 0.353. The molecule has 0 aliphatic heterocycles. The van der Waals surface area contributed by atoms with Gasteiger partial charge in [-0.05, 0) is 35.6 Å². The number of carbonyl (C=O) groups is 1. The molecule has 0 radical (unpaired) electrons. The molecular formula is C25H27FN2O4. The minimum Gasteiger partial charge on any atom is -0.457 e. The van der Waals surface area contributed by atoms with Crippen molar-refractivity contribution in [1.29, 1.82) is 5.26 Å². The van der Waals surface area contributed by atoms with Gasteiger partial charge in [0, 0.05) is 23.8 Å². The Morgan fingerprint density at radius 3 is 2.59 bits per heavy atom. The number of nitrogens with zero attached hydrogens (tertiary/aromatic N) is 2. The average Bonchev–Trinajstić information content (AvgIpc) is 3.29. The number of hydrogen-bond acceptors (Lipinski definition) is 6. The van der Waals surface area contributed by atoms with Crippen LogP contribution in [0.3, 0.4) is 0 Å². The predicted octanol–water partition coefficient (Wildman–Crippen LogP) is 5.66. The Morgan fingerprint density at radius 2 is 1.94 bits per heavy atom. The molecule has 1 aliphatic rings. The van der Waals surface area contributed by atoms with Crippen molar-refractivity contribution >= 4 is 12.2 Å². The first-order valence-electron chi connectivity index (χ1n) is 10.5. The number of esters is 1. The van der Waals surface area contributed by atoms with Crippen molar-refractivity contribution in [3.63, 3.8) is 0 Å². The molecule has 32 heavy (non-hydrogen) atoms. The van der Waals surface area contributed by atoms with Crippen molar-refractivity contribution in [3.05, 3.63) is 59.9 Å². The standard InChI is InChI=1S/C25H27FN2O4/c1-16(2)15-30-28-14-21-23(25(21,3)4)24(29)32-22(13-27)17-10-18(26)12-20(11-17)31-19-8-6-5-7-9-19/h5-12,14,16,21-23H,15H2,1-4H3. The molecule has 0 bridgehead atoms. The van der Waals surface area contributed by atoms with Gasteiger partial charge in [0.1, 0.15) is 30.0 Å². The zero-order chi connectivity index (χ0) is 23.3. The second-order valence-corrected chi connectivity index (χ2v) is 8.85. The molecule has 168 valence electrons. The quantitative estimate of drug-likeness (QED) is 0.287. The van der Waals surface area contributed by atoms with Gasteiger partial charge in [-0.25, -0.2) is 4.39 Å². The van der Waals surface area contributed by atoms with Crippen LogP contribution in [0, 0.1) is 40.3 Å². The number of benzene rings is 2. The molecule has 0 amide bonds. The summed E-state index contributed by atoms with van der Waals surface area (Å²) in [6.45, 7) is 8.37. The van der Waals surface area contributed by atoms with E-state index in [1.807, 2.05) is 39.8 Å². The summed E-state index contributed by atoms with van der Waals surface area (Å²) in [5.41, 5.74) is -0.165. The second kappa shape index (κ2) is 9.82. The molecule has 3 unspecified atom stereocenters. The maximum Gasteiger partial charge on any atom is 0.311 e. The lowest BCUT2D eigenvalue weighted by Crippen LogP contribution is -2.15. The first-order valence-corrected chi connectivity index (χ1v) is 10.5. The first kappa shape index (κ1) is 23.3. The third-order valence-corrected chi connectivity index (χ3v) is 5.40. The Hall–Kier alpha value is -3.40. The molecule has 2 aromatic carbocycles. The van der Waals surface area contributed by atoms with Crippen LogP contribution in [-0.4, -0.2) is 18.8 Å². The van der Waals surface area contributed by atoms with Crippen molar-refractivity contribution in [2.45, 2.75) is 33.8 Å². The van der Waals surface area contributed by atoms with Crippen LogP contribution in [0.1, 0.15) is 39.4 Å². The molecule has 6 nitrogen and oxygen atoms in total. The van der Waals surface area contributed by atoms with E-state index < -0.39 is 23.8 Å². The molecule has 1 fully saturated rings. The van der Waals surface area contributed by atoms with E-state index in [1.165, 1.54) is 12.1 Å². The van der Waals surface area contributed by atoms with E-state index in [9.17, 15) is 14.4 Å². The minimum atomic E-state index is -1.26. The molecule has 7 heteroatoms. The SMILES string of the molecule is CC(C)CON=CC1C(C(=O)OC(C#N)c2cc(F)cc(Oc3ccccc3)c2)C1(C)C. The van der Waals surface area contributed by atoms with Gasteiger partial charge in [-0.3, -0.25) is 4.79 Å². The lowest BCUT2D eigenvalue weighted by molar-refractivity contribution is -0.149. The lowest BCUT2D eigenvalue weighted by atomic mass is 10.1. The summed E-state index contributed by atoms with van der Waals surface area (Å²) in [7, 11) is 0. The van der Waals surface area contributed by atoms with Gasteiger partial charge in [-0.1, -0.05) is 51.0 Å². The summed E-state index contributed by atoms with van der Waals surface area (Å²) >= 11 is 0. The Morgan fingerprint density at radius 1 is 1.22 bits per heavy atom. The van der Waals surface area contributed by atoms with E-state index in [0.717, 1.165) is 6.07 Å². The predicted molar refractivity (Wildman–Crippen MR) is 117 cm³/mol. The largest absolute Gasteiger partial charge is 0.457 e. The third-order valence-electron chi connectivity index (χ3n) is 5.40. The van der Waals surface area contributed by atoms with Gasteiger partial charge in [-0.15, -0.1) is 0 Å². The molecule has 0 saturated heterocycles. The van der Waals surface area contributed by atoms with Crippen LogP contribution in [0.25, 0.3) is 0 Å². The Kier molecular flexibility index (Phi) is 7.14. The van der Waals surface area contributed by atoms with Crippen molar-refractivity contribution in [3.8, 4) is 17.6 Å². The topological polar surface area (TPSA) is 80.9 Å². The van der Waals surface area contributed by atoms with Gasteiger partial charge in [-0.2, -0.15) is 5.26 Å². The molecule has 3 rings (SSSR count). The number of oxime groups is 1. The van der Waals surface area contributed by atoms with Gasteiger partial charge in [0.05, 0.1) is 5.92 Å². The van der Waals surface area contributed by atoms with Crippen LogP contribution < -0.4 is 4.74 Å². The summed E-state index contributed by atoms with van der Waals surface area (Å²) in [5.74, 6) is -0.666. The second-order valence-electron chi connectivity index (χ2n) is 8.85. The van der Waals surface area contributed by atoms with Crippen LogP contribution in [-0.2, 0) is 14.4 Å². The summed E-state index contributed by atoms with van der Waals surface area (Å²) in [4.78, 5) is 18.0. The number of para-hydroxylation sites is 1. The maximum atomic E-state index is 14.2. The number of nitriles is 1. The van der Waals surface area contributed by atoms with Crippen LogP contribution >= 0.6 is 0 Å². The molecular weight excluding hydrogens is 411 g/mol. The zero-order valence-electron chi connectivity index (χ0n) is 18.6. The molecule has 1 aliphatic carbocycles. The van der Waals surface area contributed by atoms with Crippen molar-refractivity contribution in [2.75, 3.05) is 6.61 Å².